The Bertz CT molecular complexity index is 836. The lowest BCUT2D eigenvalue weighted by atomic mass is 10.0. The highest BCUT2D eigenvalue weighted by Crippen LogP contribution is 2.38. The summed E-state index contributed by atoms with van der Waals surface area (Å²) >= 11 is 0. The van der Waals surface area contributed by atoms with E-state index in [0.717, 1.165) is 5.56 Å². The molecular weight excluding hydrogens is 348 g/mol. The molecule has 0 aliphatic carbocycles. The number of hydrogen-bond donors (Lipinski definition) is 2. The standard InChI is InChI=1S/C20H24N2O5/c1-6-15(14-9-12(2)7-8-16(14)23)21-22-20(24)13-10-17(25-3)19(27-5)18(11-13)26-4/h7-11,23H,6H2,1-5H3,(H,22,24)/b21-15+. The van der Waals surface area contributed by atoms with Crippen molar-refractivity contribution in [3.05, 3.63) is 47.0 Å². The molecule has 0 heterocycles. The molecule has 0 aromatic heterocycles. The summed E-state index contributed by atoms with van der Waals surface area (Å²) in [5, 5.41) is 14.3. The van der Waals surface area contributed by atoms with Crippen molar-refractivity contribution < 1.29 is 24.1 Å². The molecule has 0 aliphatic heterocycles. The molecule has 27 heavy (non-hydrogen) atoms. The number of ether oxygens (including phenoxy) is 3. The minimum atomic E-state index is -0.438. The molecule has 0 atom stereocenters. The lowest BCUT2D eigenvalue weighted by molar-refractivity contribution is 0.0954. The summed E-state index contributed by atoms with van der Waals surface area (Å²) in [4.78, 5) is 12.6. The summed E-state index contributed by atoms with van der Waals surface area (Å²) in [5.74, 6) is 0.825. The Morgan fingerprint density at radius 3 is 2.22 bits per heavy atom. The van der Waals surface area contributed by atoms with Crippen LogP contribution in [0.1, 0.15) is 34.8 Å². The van der Waals surface area contributed by atoms with E-state index in [1.165, 1.54) is 21.3 Å². The molecule has 2 aromatic carbocycles. The lowest BCUT2D eigenvalue weighted by Gasteiger charge is -2.13. The van der Waals surface area contributed by atoms with Crippen LogP contribution >= 0.6 is 0 Å². The second-order valence-corrected chi connectivity index (χ2v) is 5.79. The van der Waals surface area contributed by atoms with Gasteiger partial charge in [-0.25, -0.2) is 5.43 Å². The summed E-state index contributed by atoms with van der Waals surface area (Å²) in [6.07, 6.45) is 0.534. The van der Waals surface area contributed by atoms with E-state index in [9.17, 15) is 9.90 Å². The second-order valence-electron chi connectivity index (χ2n) is 5.79. The van der Waals surface area contributed by atoms with Crippen molar-refractivity contribution in [1.82, 2.24) is 5.43 Å². The summed E-state index contributed by atoms with van der Waals surface area (Å²) in [6.45, 7) is 3.82. The van der Waals surface area contributed by atoms with E-state index in [-0.39, 0.29) is 5.75 Å². The Morgan fingerprint density at radius 1 is 1.07 bits per heavy atom. The average molecular weight is 372 g/mol. The number of hydrogen-bond acceptors (Lipinski definition) is 6. The molecule has 2 N–H and O–H groups in total. The highest BCUT2D eigenvalue weighted by molar-refractivity contribution is 6.04. The van der Waals surface area contributed by atoms with Crippen molar-refractivity contribution in [2.24, 2.45) is 5.10 Å². The Balaban J connectivity index is 2.33. The maximum atomic E-state index is 12.6. The third-order valence-electron chi connectivity index (χ3n) is 4.02. The van der Waals surface area contributed by atoms with E-state index >= 15 is 0 Å². The van der Waals surface area contributed by atoms with Crippen LogP contribution in [0.3, 0.4) is 0 Å². The number of phenolic OH excluding ortho intramolecular Hbond substituents is 1. The molecule has 144 valence electrons. The van der Waals surface area contributed by atoms with Gasteiger partial charge in [-0.3, -0.25) is 4.79 Å². The van der Waals surface area contributed by atoms with Crippen LogP contribution in [0, 0.1) is 6.92 Å². The highest BCUT2D eigenvalue weighted by Gasteiger charge is 2.17. The monoisotopic (exact) mass is 372 g/mol. The molecule has 0 fully saturated rings. The van der Waals surface area contributed by atoms with Gasteiger partial charge >= 0.3 is 0 Å². The molecule has 1 amide bonds. The fourth-order valence-corrected chi connectivity index (χ4v) is 2.61. The number of nitrogens with one attached hydrogen (secondary N) is 1. The number of carbonyl (C=O) groups excluding carboxylic acids is 1. The van der Waals surface area contributed by atoms with Gasteiger partial charge in [0.1, 0.15) is 5.75 Å². The number of phenols is 1. The fourth-order valence-electron chi connectivity index (χ4n) is 2.61. The van der Waals surface area contributed by atoms with Crippen LogP contribution < -0.4 is 19.6 Å². The van der Waals surface area contributed by atoms with Crippen LogP contribution in [0.25, 0.3) is 0 Å². The van der Waals surface area contributed by atoms with Crippen LogP contribution in [0.5, 0.6) is 23.0 Å². The van der Waals surface area contributed by atoms with E-state index in [1.54, 1.807) is 24.3 Å². The number of nitrogens with zero attached hydrogens (tertiary/aromatic N) is 1. The first kappa shape index (κ1) is 20.1. The number of amides is 1. The van der Waals surface area contributed by atoms with Gasteiger partial charge in [0.05, 0.1) is 27.0 Å². The van der Waals surface area contributed by atoms with Gasteiger partial charge in [0, 0.05) is 11.1 Å². The van der Waals surface area contributed by atoms with Gasteiger partial charge in [0.15, 0.2) is 11.5 Å². The summed E-state index contributed by atoms with van der Waals surface area (Å²) in [6, 6.07) is 8.32. The normalized spacial score (nSPS) is 11.1. The van der Waals surface area contributed by atoms with Gasteiger partial charge in [0.25, 0.3) is 5.91 Å². The minimum absolute atomic E-state index is 0.114. The van der Waals surface area contributed by atoms with E-state index in [1.807, 2.05) is 19.9 Å². The zero-order chi connectivity index (χ0) is 20.0. The Hall–Kier alpha value is -3.22. The molecule has 0 spiro atoms. The van der Waals surface area contributed by atoms with Gasteiger partial charge < -0.3 is 19.3 Å². The summed E-state index contributed by atoms with van der Waals surface area (Å²) in [5.41, 5.74) is 4.96. The lowest BCUT2D eigenvalue weighted by Crippen LogP contribution is -2.20. The van der Waals surface area contributed by atoms with Gasteiger partial charge in [-0.2, -0.15) is 5.10 Å². The number of carbonyl (C=O) groups is 1. The van der Waals surface area contributed by atoms with E-state index in [0.29, 0.717) is 40.5 Å². The van der Waals surface area contributed by atoms with Crippen molar-refractivity contribution in [3.63, 3.8) is 0 Å². The summed E-state index contributed by atoms with van der Waals surface area (Å²) in [7, 11) is 4.45. The number of hydrazone groups is 1. The Morgan fingerprint density at radius 2 is 1.70 bits per heavy atom. The zero-order valence-electron chi connectivity index (χ0n) is 16.1. The van der Waals surface area contributed by atoms with Gasteiger partial charge in [0.2, 0.25) is 5.75 Å². The topological polar surface area (TPSA) is 89.4 Å². The van der Waals surface area contributed by atoms with Gasteiger partial charge in [-0.1, -0.05) is 18.6 Å². The van der Waals surface area contributed by atoms with Crippen LogP contribution in [0.2, 0.25) is 0 Å². The number of aryl methyl sites for hydroxylation is 1. The first-order valence-corrected chi connectivity index (χ1v) is 8.42. The molecule has 2 rings (SSSR count). The molecule has 0 radical (unpaired) electrons. The van der Waals surface area contributed by atoms with E-state index in [4.69, 9.17) is 14.2 Å². The smallest absolute Gasteiger partial charge is 0.271 e. The average Bonchev–Trinajstić information content (AvgIpc) is 2.69. The molecule has 0 saturated carbocycles. The van der Waals surface area contributed by atoms with E-state index in [2.05, 4.69) is 10.5 Å². The van der Waals surface area contributed by atoms with Crippen molar-refractivity contribution in [2.75, 3.05) is 21.3 Å². The number of rotatable bonds is 7. The first-order chi connectivity index (χ1) is 12.9. The van der Waals surface area contributed by atoms with Gasteiger partial charge in [-0.15, -0.1) is 0 Å². The fraction of sp³-hybridized carbons (Fsp3) is 0.300. The number of aromatic hydroxyl groups is 1. The molecule has 0 saturated heterocycles. The van der Waals surface area contributed by atoms with Crippen molar-refractivity contribution in [3.8, 4) is 23.0 Å². The molecule has 0 unspecified atom stereocenters. The highest BCUT2D eigenvalue weighted by atomic mass is 16.5. The third-order valence-corrected chi connectivity index (χ3v) is 4.02. The number of benzene rings is 2. The molecule has 0 aliphatic rings. The molecule has 7 nitrogen and oxygen atoms in total. The SMILES string of the molecule is CC/C(=N\NC(=O)c1cc(OC)c(OC)c(OC)c1)c1cc(C)ccc1O. The molecule has 2 aromatic rings. The molecular formula is C20H24N2O5. The first-order valence-electron chi connectivity index (χ1n) is 8.42. The maximum Gasteiger partial charge on any atom is 0.271 e. The largest absolute Gasteiger partial charge is 0.507 e. The number of methoxy groups -OCH3 is 3. The quantitative estimate of drug-likeness (QED) is 0.575. The predicted octanol–water partition coefficient (Wildman–Crippen LogP) is 3.27. The minimum Gasteiger partial charge on any atom is -0.507 e. The Kier molecular flexibility index (Phi) is 6.65. The van der Waals surface area contributed by atoms with E-state index < -0.39 is 5.91 Å². The van der Waals surface area contributed by atoms with Crippen LogP contribution in [-0.2, 0) is 0 Å². The summed E-state index contributed by atoms with van der Waals surface area (Å²) < 4.78 is 15.8. The zero-order valence-corrected chi connectivity index (χ0v) is 16.1. The second kappa shape index (κ2) is 8.93. The molecule has 7 heteroatoms. The Labute approximate surface area is 158 Å². The predicted molar refractivity (Wildman–Crippen MR) is 103 cm³/mol. The van der Waals surface area contributed by atoms with Crippen LogP contribution in [-0.4, -0.2) is 38.1 Å². The van der Waals surface area contributed by atoms with Crippen LogP contribution in [0.4, 0.5) is 0 Å². The maximum absolute atomic E-state index is 12.6. The molecule has 0 bridgehead atoms. The van der Waals surface area contributed by atoms with Crippen molar-refractivity contribution in [1.29, 1.82) is 0 Å². The third kappa shape index (κ3) is 4.49. The van der Waals surface area contributed by atoms with Crippen molar-refractivity contribution in [2.45, 2.75) is 20.3 Å². The van der Waals surface area contributed by atoms with Gasteiger partial charge in [-0.05, 0) is 37.6 Å². The van der Waals surface area contributed by atoms with Crippen molar-refractivity contribution >= 4 is 11.6 Å². The van der Waals surface area contributed by atoms with Crippen LogP contribution in [0.15, 0.2) is 35.4 Å².